The summed E-state index contributed by atoms with van der Waals surface area (Å²) in [5.74, 6) is -0.104. The highest BCUT2D eigenvalue weighted by Crippen LogP contribution is 2.26. The summed E-state index contributed by atoms with van der Waals surface area (Å²) in [5.41, 5.74) is 0.718. The van der Waals surface area contributed by atoms with E-state index in [1.165, 1.54) is 19.3 Å². The van der Waals surface area contributed by atoms with E-state index >= 15 is 0 Å². The van der Waals surface area contributed by atoms with E-state index in [1.807, 2.05) is 21.0 Å². The lowest BCUT2D eigenvalue weighted by Gasteiger charge is -2.06. The summed E-state index contributed by atoms with van der Waals surface area (Å²) in [6.45, 7) is 4.21. The smallest absolute Gasteiger partial charge is 0.449 e. The van der Waals surface area contributed by atoms with E-state index < -0.39 is 5.97 Å². The van der Waals surface area contributed by atoms with Gasteiger partial charge >= 0.3 is 12.0 Å². The Kier molecular flexibility index (Phi) is 9.10. The second-order valence-corrected chi connectivity index (χ2v) is 5.63. The van der Waals surface area contributed by atoms with Crippen LogP contribution in [0.1, 0.15) is 18.9 Å². The maximum absolute atomic E-state index is 12.0. The Hall–Kier alpha value is -2.54. The molecule has 0 atom stereocenters. The topological polar surface area (TPSA) is 85.0 Å². The van der Waals surface area contributed by atoms with Gasteiger partial charge in [-0.25, -0.2) is 15.1 Å². The quantitative estimate of drug-likeness (QED) is 0.201. The van der Waals surface area contributed by atoms with Crippen LogP contribution in [0.15, 0.2) is 24.3 Å². The molecule has 0 saturated carbocycles. The highest BCUT2D eigenvalue weighted by molar-refractivity contribution is 5.94. The first-order valence-electron chi connectivity index (χ1n) is 8.22. The zero-order valence-corrected chi connectivity index (χ0v) is 15.3. The van der Waals surface area contributed by atoms with Gasteiger partial charge in [0.15, 0.2) is 11.5 Å². The fraction of sp³-hybridized carbons (Fsp3) is 0.444. The monoisotopic (exact) mass is 350 g/mol. The summed E-state index contributed by atoms with van der Waals surface area (Å²) in [4.78, 5) is 17.1. The zero-order valence-electron chi connectivity index (χ0n) is 15.3. The predicted octanol–water partition coefficient (Wildman–Crippen LogP) is -0.0450. The Morgan fingerprint density at radius 2 is 2.16 bits per heavy atom. The number of ether oxygens (including phenoxy) is 2. The van der Waals surface area contributed by atoms with Gasteiger partial charge in [0.2, 0.25) is 0 Å². The Labute approximate surface area is 149 Å². The predicted molar refractivity (Wildman–Crippen MR) is 97.5 cm³/mol. The molecule has 0 spiro atoms. The lowest BCUT2D eigenvalue weighted by molar-refractivity contribution is -0.469. The third kappa shape index (κ3) is 8.21. The SMILES string of the molecule is CCNC(=[NH+]CCCN(C)C)OC(=O)/C=C/c1ccc(O)c(OC)c1. The van der Waals surface area contributed by atoms with Crippen LogP contribution in [-0.4, -0.2) is 62.8 Å². The van der Waals surface area contributed by atoms with Gasteiger partial charge in [-0.1, -0.05) is 6.07 Å². The van der Waals surface area contributed by atoms with Gasteiger partial charge < -0.3 is 19.5 Å². The Morgan fingerprint density at radius 1 is 1.40 bits per heavy atom. The normalized spacial score (nSPS) is 11.8. The number of hydrogen-bond donors (Lipinski definition) is 3. The molecular formula is C18H28N3O4+. The molecule has 138 valence electrons. The standard InChI is InChI=1S/C18H27N3O4/c1-5-19-18(20-11-6-12-21(2)3)25-17(23)10-8-14-7-9-15(22)16(13-14)24-4/h7-10,13,22H,5-6,11-12H2,1-4H3,(H,19,20)/p+1/b10-8+. The first-order valence-corrected chi connectivity index (χ1v) is 8.22. The number of carbonyl (C=O) groups excluding carboxylic acids is 1. The van der Waals surface area contributed by atoms with Crippen LogP contribution in [0.2, 0.25) is 0 Å². The van der Waals surface area contributed by atoms with Crippen LogP contribution in [0.4, 0.5) is 0 Å². The number of aromatic hydroxyl groups is 1. The minimum absolute atomic E-state index is 0.0481. The molecule has 0 heterocycles. The van der Waals surface area contributed by atoms with Gasteiger partial charge in [-0.05, 0) is 51.2 Å². The average Bonchev–Trinajstić information content (AvgIpc) is 2.58. The van der Waals surface area contributed by atoms with Crippen molar-refractivity contribution in [1.29, 1.82) is 0 Å². The zero-order chi connectivity index (χ0) is 18.7. The molecule has 25 heavy (non-hydrogen) atoms. The molecule has 1 aromatic rings. The third-order valence-corrected chi connectivity index (χ3v) is 3.22. The van der Waals surface area contributed by atoms with Crippen molar-refractivity contribution < 1.29 is 24.4 Å². The largest absolute Gasteiger partial charge is 0.504 e. The van der Waals surface area contributed by atoms with Crippen LogP contribution in [0.25, 0.3) is 6.08 Å². The Bertz CT molecular complexity index is 612. The van der Waals surface area contributed by atoms with Crippen molar-refractivity contribution in [1.82, 2.24) is 10.2 Å². The van der Waals surface area contributed by atoms with Crippen LogP contribution in [0.5, 0.6) is 11.5 Å². The van der Waals surface area contributed by atoms with Crippen molar-refractivity contribution >= 4 is 18.1 Å². The number of phenolic OH excluding ortho intramolecular Hbond substituents is 1. The van der Waals surface area contributed by atoms with E-state index in [1.54, 1.807) is 18.2 Å². The number of esters is 1. The fourth-order valence-corrected chi connectivity index (χ4v) is 1.99. The molecule has 3 N–H and O–H groups in total. The molecule has 0 amide bonds. The van der Waals surface area contributed by atoms with Gasteiger partial charge in [-0.2, -0.15) is 0 Å². The van der Waals surface area contributed by atoms with Crippen molar-refractivity contribution in [2.24, 2.45) is 0 Å². The minimum Gasteiger partial charge on any atom is -0.504 e. The first-order chi connectivity index (χ1) is 12.0. The molecule has 0 aliphatic rings. The van der Waals surface area contributed by atoms with Gasteiger partial charge in [-0.15, -0.1) is 0 Å². The van der Waals surface area contributed by atoms with E-state index in [4.69, 9.17) is 9.47 Å². The second kappa shape index (κ2) is 11.1. The van der Waals surface area contributed by atoms with Crippen molar-refractivity contribution in [3.05, 3.63) is 29.8 Å². The number of amidine groups is 1. The molecule has 1 rings (SSSR count). The number of nitrogens with zero attached hydrogens (tertiary/aromatic N) is 1. The van der Waals surface area contributed by atoms with Crippen molar-refractivity contribution in [2.45, 2.75) is 13.3 Å². The average molecular weight is 350 g/mol. The highest BCUT2D eigenvalue weighted by atomic mass is 16.6. The molecule has 0 radical (unpaired) electrons. The van der Waals surface area contributed by atoms with E-state index in [9.17, 15) is 9.90 Å². The summed E-state index contributed by atoms with van der Waals surface area (Å²) < 4.78 is 10.3. The van der Waals surface area contributed by atoms with Gasteiger partial charge in [-0.3, -0.25) is 0 Å². The summed E-state index contributed by atoms with van der Waals surface area (Å²) >= 11 is 0. The maximum atomic E-state index is 12.0. The lowest BCUT2D eigenvalue weighted by Crippen LogP contribution is -2.77. The summed E-state index contributed by atoms with van der Waals surface area (Å²) in [5, 5.41) is 12.6. The van der Waals surface area contributed by atoms with Crippen molar-refractivity contribution in [3.8, 4) is 11.5 Å². The molecule has 7 nitrogen and oxygen atoms in total. The van der Waals surface area contributed by atoms with Gasteiger partial charge in [0, 0.05) is 12.6 Å². The Balaban J connectivity index is 2.63. The van der Waals surface area contributed by atoms with E-state index in [-0.39, 0.29) is 5.75 Å². The van der Waals surface area contributed by atoms with Crippen LogP contribution in [0.3, 0.4) is 0 Å². The number of hydrogen-bond acceptors (Lipinski definition) is 5. The third-order valence-electron chi connectivity index (χ3n) is 3.22. The molecule has 0 saturated heterocycles. The molecule has 0 unspecified atom stereocenters. The van der Waals surface area contributed by atoms with Crippen LogP contribution in [0, 0.1) is 0 Å². The van der Waals surface area contributed by atoms with E-state index in [0.29, 0.717) is 24.9 Å². The number of carbonyl (C=O) groups is 1. The van der Waals surface area contributed by atoms with E-state index in [2.05, 4.69) is 15.2 Å². The highest BCUT2D eigenvalue weighted by Gasteiger charge is 2.10. The molecule has 0 fully saturated rings. The van der Waals surface area contributed by atoms with Crippen LogP contribution in [-0.2, 0) is 9.53 Å². The van der Waals surface area contributed by atoms with Crippen molar-refractivity contribution in [3.63, 3.8) is 0 Å². The van der Waals surface area contributed by atoms with Gasteiger partial charge in [0.25, 0.3) is 0 Å². The molecule has 0 aliphatic carbocycles. The second-order valence-electron chi connectivity index (χ2n) is 5.63. The van der Waals surface area contributed by atoms with Crippen molar-refractivity contribution in [2.75, 3.05) is 40.8 Å². The Morgan fingerprint density at radius 3 is 2.80 bits per heavy atom. The summed E-state index contributed by atoms with van der Waals surface area (Å²) in [6, 6.07) is 5.16. The summed E-state index contributed by atoms with van der Waals surface area (Å²) in [6.07, 6.45) is 3.85. The molecule has 1 aromatic carbocycles. The number of benzene rings is 1. The molecular weight excluding hydrogens is 322 g/mol. The number of rotatable bonds is 8. The van der Waals surface area contributed by atoms with E-state index in [0.717, 1.165) is 18.5 Å². The number of nitrogens with one attached hydrogen (secondary N) is 2. The maximum Gasteiger partial charge on any atom is 0.449 e. The molecule has 7 heteroatoms. The lowest BCUT2D eigenvalue weighted by atomic mass is 10.2. The van der Waals surface area contributed by atoms with Gasteiger partial charge in [0.05, 0.1) is 20.2 Å². The van der Waals surface area contributed by atoms with Crippen LogP contribution < -0.4 is 15.0 Å². The van der Waals surface area contributed by atoms with Crippen LogP contribution >= 0.6 is 0 Å². The van der Waals surface area contributed by atoms with Gasteiger partial charge in [0.1, 0.15) is 0 Å². The molecule has 0 aromatic heterocycles. The number of phenols is 1. The molecule has 0 aliphatic heterocycles. The number of methoxy groups -OCH3 is 1. The minimum atomic E-state index is -0.497. The first kappa shape index (κ1) is 20.5. The summed E-state index contributed by atoms with van der Waals surface area (Å²) in [7, 11) is 5.49. The molecule has 0 bridgehead atoms. The fourth-order valence-electron chi connectivity index (χ4n) is 1.99.